The lowest BCUT2D eigenvalue weighted by molar-refractivity contribution is 0.667. The molecule has 0 saturated heterocycles. The van der Waals surface area contributed by atoms with Crippen molar-refractivity contribution in [2.45, 2.75) is 78.1 Å². The van der Waals surface area contributed by atoms with Gasteiger partial charge < -0.3 is 0 Å². The first kappa shape index (κ1) is 27.7. The summed E-state index contributed by atoms with van der Waals surface area (Å²) in [6, 6.07) is 34.5. The van der Waals surface area contributed by atoms with Gasteiger partial charge in [-0.2, -0.15) is 0 Å². The van der Waals surface area contributed by atoms with Gasteiger partial charge in [0.05, 0.1) is 0 Å². The molecule has 0 aliphatic heterocycles. The van der Waals surface area contributed by atoms with E-state index in [0.717, 1.165) is 4.47 Å². The minimum atomic E-state index is 1.12. The molecular formula is C38H41Br. The summed E-state index contributed by atoms with van der Waals surface area (Å²) in [7, 11) is 0. The molecule has 0 fully saturated rings. The summed E-state index contributed by atoms with van der Waals surface area (Å²) in [5.41, 5.74) is 8.14. The van der Waals surface area contributed by atoms with E-state index in [1.54, 1.807) is 0 Å². The van der Waals surface area contributed by atoms with Gasteiger partial charge in [-0.25, -0.2) is 0 Å². The average molecular weight is 578 g/mol. The Kier molecular flexibility index (Phi) is 9.53. The first-order chi connectivity index (χ1) is 19.2. The summed E-state index contributed by atoms with van der Waals surface area (Å²) in [4.78, 5) is 0. The van der Waals surface area contributed by atoms with Gasteiger partial charge >= 0.3 is 0 Å². The number of hydrogen-bond donors (Lipinski definition) is 0. The summed E-state index contributed by atoms with van der Waals surface area (Å²) in [6.45, 7) is 4.55. The highest BCUT2D eigenvalue weighted by Crippen LogP contribution is 2.44. The van der Waals surface area contributed by atoms with Gasteiger partial charge in [0.25, 0.3) is 0 Å². The molecule has 0 saturated carbocycles. The van der Waals surface area contributed by atoms with Crippen LogP contribution in [0.1, 0.15) is 76.3 Å². The summed E-state index contributed by atoms with van der Waals surface area (Å²) in [5.74, 6) is 0. The van der Waals surface area contributed by atoms with Crippen LogP contribution in [0.25, 0.3) is 43.8 Å². The van der Waals surface area contributed by atoms with E-state index in [-0.39, 0.29) is 0 Å². The Hall–Kier alpha value is -2.90. The van der Waals surface area contributed by atoms with Crippen LogP contribution in [0.3, 0.4) is 0 Å². The van der Waals surface area contributed by atoms with E-state index in [1.807, 2.05) is 0 Å². The SMILES string of the molecule is CCCCCCc1ccc(-c2c3ccccc3c(-c3ccc(CCCCCC)cc3)c3cc(Br)ccc23)cc1. The van der Waals surface area contributed by atoms with Gasteiger partial charge in [-0.15, -0.1) is 0 Å². The molecule has 0 bridgehead atoms. The van der Waals surface area contributed by atoms with E-state index in [2.05, 4.69) is 121 Å². The molecule has 0 aliphatic carbocycles. The van der Waals surface area contributed by atoms with Gasteiger partial charge in [0.2, 0.25) is 0 Å². The second-order valence-corrected chi connectivity index (χ2v) is 11.9. The molecule has 0 N–H and O–H groups in total. The Labute approximate surface area is 243 Å². The van der Waals surface area contributed by atoms with Crippen molar-refractivity contribution in [2.75, 3.05) is 0 Å². The zero-order valence-electron chi connectivity index (χ0n) is 23.6. The lowest BCUT2D eigenvalue weighted by atomic mass is 9.85. The molecule has 0 unspecified atom stereocenters. The molecule has 0 amide bonds. The monoisotopic (exact) mass is 576 g/mol. The first-order valence-electron chi connectivity index (χ1n) is 15.0. The molecule has 0 aliphatic rings. The van der Waals surface area contributed by atoms with Gasteiger partial charge in [0.15, 0.2) is 0 Å². The third-order valence-corrected chi connectivity index (χ3v) is 8.60. The minimum absolute atomic E-state index is 1.12. The standard InChI is InChI=1S/C38H41Br/c1-3-5-7-9-13-28-17-21-30(22-18-28)37-33-15-11-12-16-34(33)38(36-27-32(39)25-26-35(36)37)31-23-19-29(20-24-31)14-10-8-6-4-2/h11-12,15-27H,3-10,13-14H2,1-2H3. The van der Waals surface area contributed by atoms with E-state index < -0.39 is 0 Å². The Morgan fingerprint density at radius 2 is 0.923 bits per heavy atom. The molecule has 39 heavy (non-hydrogen) atoms. The summed E-state index contributed by atoms with van der Waals surface area (Å²) in [6.07, 6.45) is 12.8. The molecule has 200 valence electrons. The number of hydrogen-bond acceptors (Lipinski definition) is 0. The van der Waals surface area contributed by atoms with Gasteiger partial charge in [-0.3, -0.25) is 0 Å². The maximum absolute atomic E-state index is 3.78. The smallest absolute Gasteiger partial charge is 0.0181 e. The zero-order chi connectivity index (χ0) is 27.0. The van der Waals surface area contributed by atoms with Crippen LogP contribution in [0.5, 0.6) is 0 Å². The van der Waals surface area contributed by atoms with Crippen molar-refractivity contribution in [1.82, 2.24) is 0 Å². The van der Waals surface area contributed by atoms with Crippen LogP contribution < -0.4 is 0 Å². The van der Waals surface area contributed by atoms with Crippen LogP contribution in [0.2, 0.25) is 0 Å². The van der Waals surface area contributed by atoms with E-state index in [4.69, 9.17) is 0 Å². The van der Waals surface area contributed by atoms with Crippen molar-refractivity contribution in [1.29, 1.82) is 0 Å². The van der Waals surface area contributed by atoms with Crippen molar-refractivity contribution in [3.05, 3.63) is 107 Å². The molecule has 0 heterocycles. The number of halogens is 1. The zero-order valence-corrected chi connectivity index (χ0v) is 25.2. The largest absolute Gasteiger partial charge is 0.0654 e. The highest BCUT2D eigenvalue weighted by atomic mass is 79.9. The van der Waals surface area contributed by atoms with Crippen molar-refractivity contribution in [3.63, 3.8) is 0 Å². The van der Waals surface area contributed by atoms with Crippen LogP contribution in [-0.4, -0.2) is 0 Å². The van der Waals surface area contributed by atoms with Crippen molar-refractivity contribution < 1.29 is 0 Å². The van der Waals surface area contributed by atoms with Crippen molar-refractivity contribution in [2.24, 2.45) is 0 Å². The van der Waals surface area contributed by atoms with Crippen LogP contribution in [0.4, 0.5) is 0 Å². The molecule has 5 aromatic rings. The van der Waals surface area contributed by atoms with Crippen LogP contribution >= 0.6 is 15.9 Å². The van der Waals surface area contributed by atoms with E-state index >= 15 is 0 Å². The van der Waals surface area contributed by atoms with Crippen LogP contribution in [0, 0.1) is 0 Å². The molecule has 0 atom stereocenters. The fraction of sp³-hybridized carbons (Fsp3) is 0.316. The third kappa shape index (κ3) is 6.47. The topological polar surface area (TPSA) is 0 Å². The second-order valence-electron chi connectivity index (χ2n) is 11.0. The second kappa shape index (κ2) is 13.4. The number of benzene rings is 5. The maximum Gasteiger partial charge on any atom is 0.0181 e. The molecule has 0 spiro atoms. The molecule has 0 nitrogen and oxygen atoms in total. The first-order valence-corrected chi connectivity index (χ1v) is 15.8. The predicted octanol–water partition coefficient (Wildman–Crippen LogP) is 12.3. The van der Waals surface area contributed by atoms with Crippen LogP contribution in [0.15, 0.2) is 95.5 Å². The fourth-order valence-electron chi connectivity index (χ4n) is 5.96. The lowest BCUT2D eigenvalue weighted by Gasteiger charge is -2.18. The number of fused-ring (bicyclic) bond motifs is 2. The van der Waals surface area contributed by atoms with Crippen LogP contribution in [-0.2, 0) is 12.8 Å². The van der Waals surface area contributed by atoms with Gasteiger partial charge in [-0.1, -0.05) is 147 Å². The molecule has 5 aromatic carbocycles. The van der Waals surface area contributed by atoms with E-state index in [1.165, 1.54) is 119 Å². The summed E-state index contributed by atoms with van der Waals surface area (Å²) in [5, 5.41) is 5.25. The maximum atomic E-state index is 3.78. The Bertz CT molecular complexity index is 1510. The highest BCUT2D eigenvalue weighted by molar-refractivity contribution is 9.10. The normalized spacial score (nSPS) is 11.5. The number of unbranched alkanes of at least 4 members (excludes halogenated alkanes) is 6. The van der Waals surface area contributed by atoms with Gasteiger partial charge in [-0.05, 0) is 92.7 Å². The molecule has 5 rings (SSSR count). The lowest BCUT2D eigenvalue weighted by Crippen LogP contribution is -1.92. The quantitative estimate of drug-likeness (QED) is 0.102. The highest BCUT2D eigenvalue weighted by Gasteiger charge is 2.17. The Balaban J connectivity index is 1.58. The predicted molar refractivity (Wildman–Crippen MR) is 176 cm³/mol. The van der Waals surface area contributed by atoms with E-state index in [0.29, 0.717) is 0 Å². The third-order valence-electron chi connectivity index (χ3n) is 8.11. The van der Waals surface area contributed by atoms with Crippen molar-refractivity contribution >= 4 is 37.5 Å². The molecule has 1 heteroatoms. The molecule has 0 radical (unpaired) electrons. The number of aryl methyl sites for hydroxylation is 2. The van der Waals surface area contributed by atoms with Crippen molar-refractivity contribution in [3.8, 4) is 22.3 Å². The minimum Gasteiger partial charge on any atom is -0.0654 e. The molecule has 0 aromatic heterocycles. The van der Waals surface area contributed by atoms with Gasteiger partial charge in [0.1, 0.15) is 0 Å². The summed E-state index contributed by atoms with van der Waals surface area (Å²) >= 11 is 3.78. The summed E-state index contributed by atoms with van der Waals surface area (Å²) < 4.78 is 1.12. The average Bonchev–Trinajstić information content (AvgIpc) is 2.97. The fourth-order valence-corrected chi connectivity index (χ4v) is 6.32. The molecular weight excluding hydrogens is 536 g/mol. The Morgan fingerprint density at radius 3 is 1.41 bits per heavy atom. The Morgan fingerprint density at radius 1 is 0.462 bits per heavy atom. The van der Waals surface area contributed by atoms with Gasteiger partial charge in [0, 0.05) is 4.47 Å². The van der Waals surface area contributed by atoms with E-state index in [9.17, 15) is 0 Å². The number of rotatable bonds is 12.